The minimum atomic E-state index is -3.32. The summed E-state index contributed by atoms with van der Waals surface area (Å²) >= 11 is 6.19. The van der Waals surface area contributed by atoms with Crippen LogP contribution in [0.4, 0.5) is 17.6 Å². The van der Waals surface area contributed by atoms with E-state index in [1.165, 1.54) is 0 Å². The molecule has 4 nitrogen and oxygen atoms in total. The Bertz CT molecular complexity index is 1230. The predicted molar refractivity (Wildman–Crippen MR) is 108 cm³/mol. The van der Waals surface area contributed by atoms with Crippen LogP contribution in [0.2, 0.25) is 5.02 Å². The molecule has 9 heteroatoms. The van der Waals surface area contributed by atoms with Crippen molar-refractivity contribution >= 4 is 11.6 Å². The van der Waals surface area contributed by atoms with Crippen molar-refractivity contribution in [1.29, 1.82) is 5.26 Å². The number of nitrogens with zero attached hydrogens (tertiary/aromatic N) is 1. The van der Waals surface area contributed by atoms with Crippen LogP contribution in [0.25, 0.3) is 11.1 Å². The number of aliphatic hydroxyl groups is 1. The zero-order valence-corrected chi connectivity index (χ0v) is 17.0. The molecule has 1 atom stereocenters. The summed E-state index contributed by atoms with van der Waals surface area (Å²) < 4.78 is 65.6. The first kappa shape index (κ1) is 21.9. The SMILES string of the molecule is N#Cc1ccc(OC(F)F)c(F)c1-c1c(Cl)c(F)cc2c1CC(CO)(c1ccccc1)O2. The maximum absolute atomic E-state index is 15.3. The number of hydrogen-bond acceptors (Lipinski definition) is 4. The molecular weight excluding hydrogens is 450 g/mol. The molecule has 0 bridgehead atoms. The van der Waals surface area contributed by atoms with Crippen LogP contribution < -0.4 is 9.47 Å². The molecule has 0 saturated heterocycles. The Morgan fingerprint density at radius 2 is 1.88 bits per heavy atom. The van der Waals surface area contributed by atoms with Crippen molar-refractivity contribution in [3.63, 3.8) is 0 Å². The van der Waals surface area contributed by atoms with Crippen molar-refractivity contribution in [2.24, 2.45) is 0 Å². The molecule has 0 spiro atoms. The number of halogens is 5. The van der Waals surface area contributed by atoms with Gasteiger partial charge in [-0.25, -0.2) is 8.78 Å². The molecule has 0 aromatic heterocycles. The van der Waals surface area contributed by atoms with Crippen LogP contribution in [0, 0.1) is 23.0 Å². The van der Waals surface area contributed by atoms with Gasteiger partial charge in [-0.05, 0) is 17.7 Å². The molecule has 32 heavy (non-hydrogen) atoms. The molecule has 0 amide bonds. The molecule has 3 aromatic carbocycles. The van der Waals surface area contributed by atoms with Gasteiger partial charge in [-0.2, -0.15) is 14.0 Å². The lowest BCUT2D eigenvalue weighted by Gasteiger charge is -2.27. The minimum Gasteiger partial charge on any atom is -0.479 e. The van der Waals surface area contributed by atoms with Gasteiger partial charge in [-0.1, -0.05) is 41.9 Å². The Morgan fingerprint density at radius 3 is 2.50 bits per heavy atom. The van der Waals surface area contributed by atoms with Crippen LogP contribution in [-0.2, 0) is 12.0 Å². The van der Waals surface area contributed by atoms with Gasteiger partial charge in [0, 0.05) is 29.2 Å². The lowest BCUT2D eigenvalue weighted by molar-refractivity contribution is -0.0521. The smallest absolute Gasteiger partial charge is 0.387 e. The fraction of sp³-hybridized carbons (Fsp3) is 0.174. The van der Waals surface area contributed by atoms with Crippen LogP contribution in [0.15, 0.2) is 48.5 Å². The second-order valence-electron chi connectivity index (χ2n) is 7.11. The van der Waals surface area contributed by atoms with Crippen LogP contribution >= 0.6 is 11.6 Å². The number of rotatable bonds is 5. The average molecular weight is 464 g/mol. The number of nitriles is 1. The second kappa shape index (κ2) is 8.34. The number of aliphatic hydroxyl groups excluding tert-OH is 1. The van der Waals surface area contributed by atoms with Crippen molar-refractivity contribution < 1.29 is 32.1 Å². The summed E-state index contributed by atoms with van der Waals surface area (Å²) in [4.78, 5) is 0. The molecule has 1 unspecified atom stereocenters. The summed E-state index contributed by atoms with van der Waals surface area (Å²) in [6.45, 7) is -3.81. The van der Waals surface area contributed by atoms with Crippen molar-refractivity contribution in [1.82, 2.24) is 0 Å². The van der Waals surface area contributed by atoms with Crippen molar-refractivity contribution in [2.75, 3.05) is 6.61 Å². The third-order valence-electron chi connectivity index (χ3n) is 5.30. The van der Waals surface area contributed by atoms with Gasteiger partial charge in [-0.3, -0.25) is 0 Å². The fourth-order valence-electron chi connectivity index (χ4n) is 3.86. The molecule has 1 aliphatic rings. The molecule has 0 radical (unpaired) electrons. The monoisotopic (exact) mass is 463 g/mol. The van der Waals surface area contributed by atoms with E-state index in [0.29, 0.717) is 5.56 Å². The normalized spacial score (nSPS) is 17.1. The van der Waals surface area contributed by atoms with E-state index in [4.69, 9.17) is 16.3 Å². The highest BCUT2D eigenvalue weighted by Crippen LogP contribution is 2.50. The first-order chi connectivity index (χ1) is 15.3. The molecule has 1 heterocycles. The number of alkyl halides is 2. The first-order valence-corrected chi connectivity index (χ1v) is 9.73. The van der Waals surface area contributed by atoms with E-state index in [9.17, 15) is 23.5 Å². The fourth-order valence-corrected chi connectivity index (χ4v) is 4.13. The standard InChI is InChI=1S/C23H14ClF4NO3/c24-20-15(25)8-17-14(9-23(11-30,32-17)13-4-2-1-3-5-13)19(20)18-12(10-29)6-7-16(21(18)26)31-22(27)28/h1-8,22,30H,9,11H2. The quantitative estimate of drug-likeness (QED) is 0.502. The van der Waals surface area contributed by atoms with E-state index >= 15 is 4.39 Å². The van der Waals surface area contributed by atoms with Crippen LogP contribution in [0.5, 0.6) is 11.5 Å². The van der Waals surface area contributed by atoms with E-state index in [1.54, 1.807) is 36.4 Å². The average Bonchev–Trinajstić information content (AvgIpc) is 3.16. The van der Waals surface area contributed by atoms with Crippen molar-refractivity contribution in [3.8, 4) is 28.7 Å². The molecular formula is C23H14ClF4NO3. The highest BCUT2D eigenvalue weighted by atomic mass is 35.5. The van der Waals surface area contributed by atoms with Gasteiger partial charge >= 0.3 is 6.61 Å². The summed E-state index contributed by atoms with van der Waals surface area (Å²) in [5.41, 5.74) is -1.48. The van der Waals surface area contributed by atoms with Gasteiger partial charge in [0.05, 0.1) is 23.3 Å². The number of hydrogen-bond donors (Lipinski definition) is 1. The van der Waals surface area contributed by atoms with Gasteiger partial charge in [0.2, 0.25) is 0 Å². The maximum atomic E-state index is 15.3. The van der Waals surface area contributed by atoms with Gasteiger partial charge in [0.25, 0.3) is 0 Å². The second-order valence-corrected chi connectivity index (χ2v) is 7.49. The van der Waals surface area contributed by atoms with Crippen LogP contribution in [-0.4, -0.2) is 18.3 Å². The van der Waals surface area contributed by atoms with E-state index in [1.807, 2.05) is 0 Å². The third-order valence-corrected chi connectivity index (χ3v) is 5.67. The Balaban J connectivity index is 1.97. The largest absolute Gasteiger partial charge is 0.479 e. The summed E-state index contributed by atoms with van der Waals surface area (Å²) in [6.07, 6.45) is -0.0393. The number of ether oxygens (including phenoxy) is 2. The van der Waals surface area contributed by atoms with E-state index < -0.39 is 46.8 Å². The zero-order chi connectivity index (χ0) is 23.0. The molecule has 0 aliphatic carbocycles. The Morgan fingerprint density at radius 1 is 1.16 bits per heavy atom. The van der Waals surface area contributed by atoms with Crippen LogP contribution in [0.3, 0.4) is 0 Å². The van der Waals surface area contributed by atoms with E-state index in [-0.39, 0.29) is 28.9 Å². The van der Waals surface area contributed by atoms with Crippen molar-refractivity contribution in [3.05, 3.63) is 81.9 Å². The highest BCUT2D eigenvalue weighted by molar-refractivity contribution is 6.34. The topological polar surface area (TPSA) is 62.5 Å². The summed E-state index contributed by atoms with van der Waals surface area (Å²) in [6, 6.07) is 13.4. The molecule has 0 saturated carbocycles. The summed E-state index contributed by atoms with van der Waals surface area (Å²) in [5, 5.41) is 19.1. The Hall–Kier alpha value is -3.28. The molecule has 1 N–H and O–H groups in total. The summed E-state index contributed by atoms with van der Waals surface area (Å²) in [5.74, 6) is -3.09. The van der Waals surface area contributed by atoms with E-state index in [2.05, 4.69) is 4.74 Å². The molecule has 3 aromatic rings. The van der Waals surface area contributed by atoms with Gasteiger partial charge in [0.1, 0.15) is 11.6 Å². The van der Waals surface area contributed by atoms with Crippen LogP contribution in [0.1, 0.15) is 16.7 Å². The van der Waals surface area contributed by atoms with Gasteiger partial charge in [0.15, 0.2) is 17.2 Å². The molecule has 1 aliphatic heterocycles. The zero-order valence-electron chi connectivity index (χ0n) is 16.2. The number of fused-ring (bicyclic) bond motifs is 1. The Labute approximate surface area is 185 Å². The lowest BCUT2D eigenvalue weighted by atomic mass is 9.86. The molecule has 164 valence electrons. The van der Waals surface area contributed by atoms with Crippen molar-refractivity contribution in [2.45, 2.75) is 18.6 Å². The predicted octanol–water partition coefficient (Wildman–Crippen LogP) is 5.58. The Kier molecular flexibility index (Phi) is 5.71. The van der Waals surface area contributed by atoms with Gasteiger partial charge in [-0.15, -0.1) is 0 Å². The minimum absolute atomic E-state index is 0.0109. The van der Waals surface area contributed by atoms with E-state index in [0.717, 1.165) is 18.2 Å². The maximum Gasteiger partial charge on any atom is 0.387 e. The lowest BCUT2D eigenvalue weighted by Crippen LogP contribution is -2.35. The highest BCUT2D eigenvalue weighted by Gasteiger charge is 2.43. The van der Waals surface area contributed by atoms with Gasteiger partial charge < -0.3 is 14.6 Å². The summed E-state index contributed by atoms with van der Waals surface area (Å²) in [7, 11) is 0. The number of benzene rings is 3. The first-order valence-electron chi connectivity index (χ1n) is 9.35. The molecule has 4 rings (SSSR count). The third kappa shape index (κ3) is 3.53. The molecule has 0 fully saturated rings.